The summed E-state index contributed by atoms with van der Waals surface area (Å²) in [7, 11) is 2.07. The molecule has 4 N–H and O–H groups in total. The molecule has 3 aromatic rings. The van der Waals surface area contributed by atoms with Crippen molar-refractivity contribution in [1.82, 2.24) is 15.2 Å². The average Bonchev–Trinajstić information content (AvgIpc) is 3.22. The number of nitrogens with zero attached hydrogens (tertiary/aromatic N) is 3. The van der Waals surface area contributed by atoms with Crippen LogP contribution in [0.2, 0.25) is 0 Å². The summed E-state index contributed by atoms with van der Waals surface area (Å²) in [5, 5.41) is 9.83. The zero-order valence-electron chi connectivity index (χ0n) is 16.3. The standard InChI is InChI=1S/C21H26N6O/c1-3-4-13-27(2)18-11-7-16(8-12-18)21(28)23-17-9-5-15(6-10-17)20-24-19(14-22)25-26-20/h5-12H,3-4,13-14,22H2,1-2H3,(H,23,28)(H,24,25,26). The Labute approximate surface area is 165 Å². The third-order valence-corrected chi connectivity index (χ3v) is 4.54. The number of anilines is 2. The van der Waals surface area contributed by atoms with Crippen LogP contribution in [0.4, 0.5) is 11.4 Å². The molecule has 0 saturated carbocycles. The van der Waals surface area contributed by atoms with Crippen molar-refractivity contribution in [2.45, 2.75) is 26.3 Å². The van der Waals surface area contributed by atoms with Gasteiger partial charge in [0.2, 0.25) is 0 Å². The summed E-state index contributed by atoms with van der Waals surface area (Å²) < 4.78 is 0. The second kappa shape index (κ2) is 9.14. The normalized spacial score (nSPS) is 10.7. The Bertz CT molecular complexity index is 901. The summed E-state index contributed by atoms with van der Waals surface area (Å²) in [5.41, 5.74) is 8.84. The maximum absolute atomic E-state index is 12.5. The van der Waals surface area contributed by atoms with Crippen LogP contribution in [0.15, 0.2) is 48.5 Å². The number of hydrogen-bond acceptors (Lipinski definition) is 5. The summed E-state index contributed by atoms with van der Waals surface area (Å²) >= 11 is 0. The van der Waals surface area contributed by atoms with Crippen molar-refractivity contribution in [3.63, 3.8) is 0 Å². The molecule has 28 heavy (non-hydrogen) atoms. The molecule has 0 atom stereocenters. The van der Waals surface area contributed by atoms with Gasteiger partial charge in [0.25, 0.3) is 5.91 Å². The highest BCUT2D eigenvalue weighted by Gasteiger charge is 2.09. The molecule has 1 heterocycles. The van der Waals surface area contributed by atoms with Gasteiger partial charge in [0.15, 0.2) is 5.82 Å². The van der Waals surface area contributed by atoms with Gasteiger partial charge in [-0.2, -0.15) is 5.10 Å². The van der Waals surface area contributed by atoms with Crippen LogP contribution in [0, 0.1) is 0 Å². The number of amides is 1. The Hall–Kier alpha value is -3.19. The van der Waals surface area contributed by atoms with Gasteiger partial charge in [0, 0.05) is 36.1 Å². The molecule has 0 spiro atoms. The number of rotatable bonds is 8. The lowest BCUT2D eigenvalue weighted by atomic mass is 10.1. The molecule has 0 bridgehead atoms. The number of hydrogen-bond donors (Lipinski definition) is 3. The number of carbonyl (C=O) groups is 1. The van der Waals surface area contributed by atoms with Crippen molar-refractivity contribution in [3.8, 4) is 11.4 Å². The van der Waals surface area contributed by atoms with Crippen molar-refractivity contribution in [1.29, 1.82) is 0 Å². The lowest BCUT2D eigenvalue weighted by molar-refractivity contribution is 0.102. The van der Waals surface area contributed by atoms with Gasteiger partial charge < -0.3 is 16.0 Å². The molecule has 7 nitrogen and oxygen atoms in total. The molecule has 146 valence electrons. The van der Waals surface area contributed by atoms with Crippen LogP contribution in [0.5, 0.6) is 0 Å². The van der Waals surface area contributed by atoms with Gasteiger partial charge >= 0.3 is 0 Å². The van der Waals surface area contributed by atoms with E-state index >= 15 is 0 Å². The molecule has 0 radical (unpaired) electrons. The van der Waals surface area contributed by atoms with Gasteiger partial charge in [-0.1, -0.05) is 13.3 Å². The number of nitrogens with one attached hydrogen (secondary N) is 2. The Morgan fingerprint density at radius 2 is 1.86 bits per heavy atom. The summed E-state index contributed by atoms with van der Waals surface area (Å²) in [4.78, 5) is 19.0. The second-order valence-corrected chi connectivity index (χ2v) is 6.66. The van der Waals surface area contributed by atoms with E-state index in [9.17, 15) is 4.79 Å². The molecule has 0 aliphatic carbocycles. The zero-order chi connectivity index (χ0) is 19.9. The SMILES string of the molecule is CCCCN(C)c1ccc(C(=O)Nc2ccc(-c3n[nH]c(CN)n3)cc2)cc1. The topological polar surface area (TPSA) is 99.9 Å². The minimum Gasteiger partial charge on any atom is -0.375 e. The first-order chi connectivity index (χ1) is 13.6. The number of H-pyrrole nitrogens is 1. The van der Waals surface area contributed by atoms with Crippen molar-refractivity contribution >= 4 is 17.3 Å². The highest BCUT2D eigenvalue weighted by Crippen LogP contribution is 2.19. The summed E-state index contributed by atoms with van der Waals surface area (Å²) in [6.45, 7) is 3.50. The lowest BCUT2D eigenvalue weighted by Gasteiger charge is -2.19. The molecule has 2 aromatic carbocycles. The highest BCUT2D eigenvalue weighted by atomic mass is 16.1. The Morgan fingerprint density at radius 1 is 1.14 bits per heavy atom. The third-order valence-electron chi connectivity index (χ3n) is 4.54. The van der Waals surface area contributed by atoms with Gasteiger partial charge in [0.05, 0.1) is 6.54 Å². The molecular formula is C21H26N6O. The van der Waals surface area contributed by atoms with E-state index in [1.807, 2.05) is 48.5 Å². The van der Waals surface area contributed by atoms with Crippen molar-refractivity contribution < 1.29 is 4.79 Å². The molecule has 0 unspecified atom stereocenters. The highest BCUT2D eigenvalue weighted by molar-refractivity contribution is 6.04. The largest absolute Gasteiger partial charge is 0.375 e. The van der Waals surface area contributed by atoms with Gasteiger partial charge in [-0.25, -0.2) is 4.98 Å². The minimum atomic E-state index is -0.140. The minimum absolute atomic E-state index is 0.140. The van der Waals surface area contributed by atoms with Crippen LogP contribution >= 0.6 is 0 Å². The summed E-state index contributed by atoms with van der Waals surface area (Å²) in [6.07, 6.45) is 2.31. The Kier molecular flexibility index (Phi) is 6.39. The molecule has 0 fully saturated rings. The Morgan fingerprint density at radius 3 is 2.46 bits per heavy atom. The van der Waals surface area contributed by atoms with Crippen molar-refractivity contribution in [3.05, 3.63) is 59.9 Å². The van der Waals surface area contributed by atoms with Gasteiger partial charge in [-0.15, -0.1) is 0 Å². The van der Waals surface area contributed by atoms with E-state index in [0.717, 1.165) is 30.6 Å². The zero-order valence-corrected chi connectivity index (χ0v) is 16.3. The molecule has 0 saturated heterocycles. The lowest BCUT2D eigenvalue weighted by Crippen LogP contribution is -2.18. The molecule has 1 amide bonds. The quantitative estimate of drug-likeness (QED) is 0.558. The van der Waals surface area contributed by atoms with Crippen LogP contribution in [0.25, 0.3) is 11.4 Å². The number of nitrogens with two attached hydrogens (primary N) is 1. The van der Waals surface area contributed by atoms with Crippen molar-refractivity contribution in [2.75, 3.05) is 23.8 Å². The van der Waals surface area contributed by atoms with Crippen molar-refractivity contribution in [2.24, 2.45) is 5.73 Å². The van der Waals surface area contributed by atoms with E-state index in [0.29, 0.717) is 29.4 Å². The fourth-order valence-corrected chi connectivity index (χ4v) is 2.81. The van der Waals surface area contributed by atoms with Gasteiger partial charge in [0.1, 0.15) is 5.82 Å². The molecule has 7 heteroatoms. The van der Waals surface area contributed by atoms with Gasteiger partial charge in [-0.05, 0) is 55.0 Å². The molecular weight excluding hydrogens is 352 g/mol. The van der Waals surface area contributed by atoms with Crippen LogP contribution < -0.4 is 16.0 Å². The predicted molar refractivity (Wildman–Crippen MR) is 112 cm³/mol. The fourth-order valence-electron chi connectivity index (χ4n) is 2.81. The molecule has 0 aliphatic heterocycles. The average molecular weight is 378 g/mol. The number of aromatic amines is 1. The van der Waals surface area contributed by atoms with Crippen LogP contribution in [0.1, 0.15) is 35.9 Å². The third kappa shape index (κ3) is 4.75. The molecule has 3 rings (SSSR count). The number of unbranched alkanes of at least 4 members (excludes halogenated alkanes) is 1. The van der Waals surface area contributed by atoms with Crippen LogP contribution in [0.3, 0.4) is 0 Å². The first kappa shape index (κ1) is 19.6. The van der Waals surface area contributed by atoms with E-state index in [2.05, 4.69) is 39.4 Å². The fraction of sp³-hybridized carbons (Fsp3) is 0.286. The first-order valence-electron chi connectivity index (χ1n) is 9.45. The maximum atomic E-state index is 12.5. The van der Waals surface area contributed by atoms with E-state index in [4.69, 9.17) is 5.73 Å². The van der Waals surface area contributed by atoms with Crippen LogP contribution in [-0.4, -0.2) is 34.7 Å². The number of benzene rings is 2. The summed E-state index contributed by atoms with van der Waals surface area (Å²) in [5.74, 6) is 1.08. The smallest absolute Gasteiger partial charge is 0.255 e. The van der Waals surface area contributed by atoms with Crippen LogP contribution in [-0.2, 0) is 6.54 Å². The van der Waals surface area contributed by atoms with Gasteiger partial charge in [-0.3, -0.25) is 9.89 Å². The first-order valence-corrected chi connectivity index (χ1v) is 9.45. The number of aromatic nitrogens is 3. The molecule has 1 aromatic heterocycles. The van der Waals surface area contributed by atoms with E-state index < -0.39 is 0 Å². The second-order valence-electron chi connectivity index (χ2n) is 6.66. The molecule has 0 aliphatic rings. The van der Waals surface area contributed by atoms with E-state index in [1.165, 1.54) is 0 Å². The summed E-state index contributed by atoms with van der Waals surface area (Å²) in [6, 6.07) is 15.1. The van der Waals surface area contributed by atoms with E-state index in [-0.39, 0.29) is 5.91 Å². The maximum Gasteiger partial charge on any atom is 0.255 e. The number of carbonyl (C=O) groups excluding carboxylic acids is 1. The Balaban J connectivity index is 1.62. The predicted octanol–water partition coefficient (Wildman–Crippen LogP) is 3.42. The monoisotopic (exact) mass is 378 g/mol. The van der Waals surface area contributed by atoms with E-state index in [1.54, 1.807) is 0 Å².